The molecule has 0 aromatic heterocycles. The van der Waals surface area contributed by atoms with Crippen molar-refractivity contribution in [3.8, 4) is 0 Å². The molecule has 5 nitrogen and oxygen atoms in total. The molecule has 0 bridgehead atoms. The fourth-order valence-corrected chi connectivity index (χ4v) is 4.49. The fourth-order valence-electron chi connectivity index (χ4n) is 3.25. The van der Waals surface area contributed by atoms with Gasteiger partial charge in [-0.15, -0.1) is 0 Å². The molecule has 0 aromatic carbocycles. The molecule has 2 aliphatic heterocycles. The molecule has 0 spiro atoms. The lowest BCUT2D eigenvalue weighted by Crippen LogP contribution is -2.56. The van der Waals surface area contributed by atoms with E-state index in [4.69, 9.17) is 0 Å². The first-order valence-corrected chi connectivity index (χ1v) is 8.35. The highest BCUT2D eigenvalue weighted by Crippen LogP contribution is 2.37. The normalized spacial score (nSPS) is 33.4. The Morgan fingerprint density at radius 2 is 2.10 bits per heavy atom. The number of nitrogens with one attached hydrogen (secondary N) is 1. The van der Waals surface area contributed by atoms with Crippen LogP contribution in [0.4, 0.5) is 4.79 Å². The number of carboxylic acid groups (broad SMARTS) is 1. The molecule has 2 atom stereocenters. The number of urea groups is 1. The Balaban J connectivity index is 1.99. The molecule has 20 heavy (non-hydrogen) atoms. The maximum absolute atomic E-state index is 12.4. The summed E-state index contributed by atoms with van der Waals surface area (Å²) in [6.45, 7) is 5.16. The summed E-state index contributed by atoms with van der Waals surface area (Å²) < 4.78 is 0.105. The molecule has 0 saturated carbocycles. The fraction of sp³-hybridized carbons (Fsp3) is 0.857. The van der Waals surface area contributed by atoms with Crippen LogP contribution in [-0.4, -0.2) is 51.1 Å². The minimum Gasteiger partial charge on any atom is -0.479 e. The molecular weight excluding hydrogens is 276 g/mol. The van der Waals surface area contributed by atoms with Gasteiger partial charge >= 0.3 is 12.0 Å². The summed E-state index contributed by atoms with van der Waals surface area (Å²) >= 11 is 1.89. The molecule has 2 unspecified atom stereocenters. The second kappa shape index (κ2) is 5.84. The van der Waals surface area contributed by atoms with Crippen molar-refractivity contribution in [2.24, 2.45) is 0 Å². The second-order valence-corrected chi connectivity index (χ2v) is 7.69. The van der Waals surface area contributed by atoms with Gasteiger partial charge in [0, 0.05) is 17.8 Å². The number of nitrogens with zero attached hydrogens (tertiary/aromatic N) is 1. The average molecular weight is 300 g/mol. The van der Waals surface area contributed by atoms with Gasteiger partial charge in [-0.25, -0.2) is 9.59 Å². The van der Waals surface area contributed by atoms with Crippen molar-refractivity contribution < 1.29 is 14.7 Å². The summed E-state index contributed by atoms with van der Waals surface area (Å²) in [5.41, 5.74) is -1.01. The van der Waals surface area contributed by atoms with Gasteiger partial charge in [0.2, 0.25) is 0 Å². The summed E-state index contributed by atoms with van der Waals surface area (Å²) in [4.78, 5) is 25.5. The van der Waals surface area contributed by atoms with Crippen LogP contribution in [0, 0.1) is 0 Å². The predicted molar refractivity (Wildman–Crippen MR) is 80.1 cm³/mol. The Kier molecular flexibility index (Phi) is 4.52. The van der Waals surface area contributed by atoms with Crippen LogP contribution < -0.4 is 5.32 Å². The number of likely N-dealkylation sites (tertiary alicyclic amines) is 1. The first kappa shape index (κ1) is 15.5. The third kappa shape index (κ3) is 2.75. The molecular formula is C14H24N2O3S. The van der Waals surface area contributed by atoms with E-state index in [9.17, 15) is 14.7 Å². The molecule has 2 rings (SSSR count). The van der Waals surface area contributed by atoms with Crippen LogP contribution in [0.25, 0.3) is 0 Å². The molecule has 2 saturated heterocycles. The largest absolute Gasteiger partial charge is 0.479 e. The minimum atomic E-state index is -1.01. The van der Waals surface area contributed by atoms with E-state index in [1.54, 1.807) is 0 Å². The lowest BCUT2D eigenvalue weighted by molar-refractivity contribution is -0.148. The van der Waals surface area contributed by atoms with Crippen LogP contribution in [0.1, 0.15) is 46.0 Å². The molecule has 2 heterocycles. The number of amides is 2. The molecule has 0 radical (unpaired) electrons. The van der Waals surface area contributed by atoms with E-state index < -0.39 is 11.5 Å². The van der Waals surface area contributed by atoms with Crippen molar-refractivity contribution in [3.63, 3.8) is 0 Å². The minimum absolute atomic E-state index is 0.105. The van der Waals surface area contributed by atoms with E-state index in [1.165, 1.54) is 11.3 Å². The Bertz CT molecular complexity index is 396. The van der Waals surface area contributed by atoms with Crippen LogP contribution in [0.3, 0.4) is 0 Å². The Morgan fingerprint density at radius 1 is 1.35 bits per heavy atom. The molecule has 2 N–H and O–H groups in total. The molecule has 0 aromatic rings. The number of thioether (sulfide) groups is 1. The van der Waals surface area contributed by atoms with Crippen LogP contribution >= 0.6 is 11.8 Å². The maximum Gasteiger partial charge on any atom is 0.329 e. The highest BCUT2D eigenvalue weighted by atomic mass is 32.2. The number of rotatable bonds is 4. The van der Waals surface area contributed by atoms with Gasteiger partial charge in [0.1, 0.15) is 5.54 Å². The smallest absolute Gasteiger partial charge is 0.329 e. The van der Waals surface area contributed by atoms with E-state index in [-0.39, 0.29) is 10.8 Å². The van der Waals surface area contributed by atoms with E-state index in [2.05, 4.69) is 12.2 Å². The molecule has 0 aliphatic carbocycles. The third-order valence-corrected chi connectivity index (χ3v) is 6.17. The van der Waals surface area contributed by atoms with Crippen LogP contribution in [-0.2, 0) is 4.79 Å². The summed E-state index contributed by atoms with van der Waals surface area (Å²) in [6, 6.07) is -0.222. The number of carbonyl (C=O) groups excluding carboxylic acids is 1. The first-order chi connectivity index (χ1) is 9.43. The van der Waals surface area contributed by atoms with Gasteiger partial charge in [-0.05, 0) is 44.8 Å². The van der Waals surface area contributed by atoms with Gasteiger partial charge in [0.15, 0.2) is 0 Å². The standard InChI is InChI=1S/C14H24N2O3S/c1-3-14(11(17)18)7-4-8-16(14)12(19)15-10-13(2)6-5-9-20-13/h3-10H2,1-2H3,(H,15,19)(H,17,18). The van der Waals surface area contributed by atoms with Crippen molar-refractivity contribution >= 4 is 23.8 Å². The first-order valence-electron chi connectivity index (χ1n) is 7.36. The summed E-state index contributed by atoms with van der Waals surface area (Å²) in [6.07, 6.45) is 4.07. The quantitative estimate of drug-likeness (QED) is 0.836. The molecule has 114 valence electrons. The number of carbonyl (C=O) groups is 2. The van der Waals surface area contributed by atoms with Gasteiger partial charge in [0.25, 0.3) is 0 Å². The maximum atomic E-state index is 12.4. The van der Waals surface area contributed by atoms with Crippen molar-refractivity contribution in [1.82, 2.24) is 10.2 Å². The lowest BCUT2D eigenvalue weighted by Gasteiger charge is -2.35. The van der Waals surface area contributed by atoms with E-state index in [0.717, 1.165) is 18.6 Å². The topological polar surface area (TPSA) is 69.6 Å². The monoisotopic (exact) mass is 300 g/mol. The number of aliphatic carboxylic acids is 1. The van der Waals surface area contributed by atoms with E-state index in [1.807, 2.05) is 18.7 Å². The highest BCUT2D eigenvalue weighted by molar-refractivity contribution is 8.00. The lowest BCUT2D eigenvalue weighted by atomic mass is 9.93. The zero-order chi connectivity index (χ0) is 14.8. The summed E-state index contributed by atoms with van der Waals surface area (Å²) in [5, 5.41) is 12.4. The Hall–Kier alpha value is -0.910. The van der Waals surface area contributed by atoms with Crippen LogP contribution in [0.15, 0.2) is 0 Å². The van der Waals surface area contributed by atoms with Gasteiger partial charge in [-0.1, -0.05) is 6.92 Å². The van der Waals surface area contributed by atoms with Crippen LogP contribution in [0.5, 0.6) is 0 Å². The Labute approximate surface area is 124 Å². The van der Waals surface area contributed by atoms with Crippen molar-refractivity contribution in [2.75, 3.05) is 18.8 Å². The van der Waals surface area contributed by atoms with Gasteiger partial charge < -0.3 is 15.3 Å². The number of carboxylic acids is 1. The molecule has 2 fully saturated rings. The Morgan fingerprint density at radius 3 is 2.65 bits per heavy atom. The van der Waals surface area contributed by atoms with Gasteiger partial charge in [-0.3, -0.25) is 0 Å². The van der Waals surface area contributed by atoms with Crippen molar-refractivity contribution in [2.45, 2.75) is 56.2 Å². The third-order valence-electron chi connectivity index (χ3n) is 4.63. The highest BCUT2D eigenvalue weighted by Gasteiger charge is 2.48. The summed E-state index contributed by atoms with van der Waals surface area (Å²) in [5.74, 6) is 0.263. The van der Waals surface area contributed by atoms with Crippen molar-refractivity contribution in [3.05, 3.63) is 0 Å². The average Bonchev–Trinajstić information content (AvgIpc) is 3.03. The van der Waals surface area contributed by atoms with Gasteiger partial charge in [-0.2, -0.15) is 11.8 Å². The summed E-state index contributed by atoms with van der Waals surface area (Å²) in [7, 11) is 0. The predicted octanol–water partition coefficient (Wildman–Crippen LogP) is 2.31. The molecule has 2 amide bonds. The SMILES string of the molecule is CCC1(C(=O)O)CCCN1C(=O)NCC1(C)CCCS1. The van der Waals surface area contributed by atoms with Gasteiger partial charge in [0.05, 0.1) is 0 Å². The molecule has 2 aliphatic rings. The second-order valence-electron chi connectivity index (χ2n) is 6.01. The number of hydrogen-bond donors (Lipinski definition) is 2. The zero-order valence-electron chi connectivity index (χ0n) is 12.3. The van der Waals surface area contributed by atoms with Crippen LogP contribution in [0.2, 0.25) is 0 Å². The van der Waals surface area contributed by atoms with E-state index in [0.29, 0.717) is 25.9 Å². The van der Waals surface area contributed by atoms with Crippen molar-refractivity contribution in [1.29, 1.82) is 0 Å². The molecule has 6 heteroatoms. The number of hydrogen-bond acceptors (Lipinski definition) is 3. The zero-order valence-corrected chi connectivity index (χ0v) is 13.1. The van der Waals surface area contributed by atoms with E-state index >= 15 is 0 Å².